The first-order chi connectivity index (χ1) is 4.95. The van der Waals surface area contributed by atoms with Crippen molar-refractivity contribution in [3.8, 4) is 0 Å². The summed E-state index contributed by atoms with van der Waals surface area (Å²) in [6, 6.07) is 0. The molecule has 66 valence electrons. The minimum Gasteiger partial charge on any atom is -0.402 e. The quantitative estimate of drug-likeness (QED) is 0.666. The third-order valence-electron chi connectivity index (χ3n) is 1.63. The van der Waals surface area contributed by atoms with Crippen LogP contribution in [0.2, 0.25) is 0 Å². The minimum atomic E-state index is 0.409. The highest BCUT2D eigenvalue weighted by Gasteiger charge is 2.09. The van der Waals surface area contributed by atoms with Gasteiger partial charge in [0, 0.05) is 5.70 Å². The maximum absolute atomic E-state index is 5.75. The minimum absolute atomic E-state index is 0.409. The van der Waals surface area contributed by atoms with E-state index in [9.17, 15) is 0 Å². The highest BCUT2D eigenvalue weighted by molar-refractivity contribution is 4.96. The summed E-state index contributed by atoms with van der Waals surface area (Å²) in [5.74, 6) is 0. The molecule has 11 heavy (non-hydrogen) atoms. The molecule has 0 atom stereocenters. The van der Waals surface area contributed by atoms with E-state index in [0.717, 1.165) is 18.5 Å². The van der Waals surface area contributed by atoms with Gasteiger partial charge in [-0.25, -0.2) is 0 Å². The second kappa shape index (κ2) is 4.42. The number of hydrogen-bond acceptors (Lipinski definition) is 1. The van der Waals surface area contributed by atoms with Crippen LogP contribution in [0.1, 0.15) is 47.0 Å². The van der Waals surface area contributed by atoms with Crippen LogP contribution in [0.3, 0.4) is 0 Å². The summed E-state index contributed by atoms with van der Waals surface area (Å²) in [6.07, 6.45) is 5.37. The van der Waals surface area contributed by atoms with Crippen LogP contribution < -0.4 is 5.73 Å². The molecule has 0 aromatic heterocycles. The Morgan fingerprint density at radius 3 is 2.27 bits per heavy atom. The predicted octanol–water partition coefficient (Wildman–Crippen LogP) is 3.07. The smallest absolute Gasteiger partial charge is 0.00400 e. The van der Waals surface area contributed by atoms with Gasteiger partial charge in [-0.3, -0.25) is 0 Å². The van der Waals surface area contributed by atoms with E-state index in [1.54, 1.807) is 0 Å². The van der Waals surface area contributed by atoms with Crippen molar-refractivity contribution in [2.45, 2.75) is 47.0 Å². The fourth-order valence-electron chi connectivity index (χ4n) is 0.884. The van der Waals surface area contributed by atoms with E-state index in [2.05, 4.69) is 33.8 Å². The molecule has 0 bridgehead atoms. The Morgan fingerprint density at radius 1 is 1.36 bits per heavy atom. The first-order valence-electron chi connectivity index (χ1n) is 4.40. The number of allylic oxidation sites excluding steroid dienone is 2. The lowest BCUT2D eigenvalue weighted by Gasteiger charge is -2.17. The molecule has 0 radical (unpaired) electrons. The standard InChI is InChI=1S/C10H21N/c1-5-6-9(11)7-8-10(2,3)4/h6H,5,7-8,11H2,1-4H3/b9-6-. The molecule has 0 aliphatic heterocycles. The molecule has 0 heterocycles. The Morgan fingerprint density at radius 2 is 1.91 bits per heavy atom. The van der Waals surface area contributed by atoms with Crippen molar-refractivity contribution in [1.82, 2.24) is 0 Å². The van der Waals surface area contributed by atoms with Crippen LogP contribution in [-0.2, 0) is 0 Å². The highest BCUT2D eigenvalue weighted by atomic mass is 14.6. The van der Waals surface area contributed by atoms with Gasteiger partial charge in [-0.2, -0.15) is 0 Å². The summed E-state index contributed by atoms with van der Waals surface area (Å²) in [5.41, 5.74) is 7.21. The molecule has 0 spiro atoms. The van der Waals surface area contributed by atoms with E-state index < -0.39 is 0 Å². The molecule has 0 unspecified atom stereocenters. The summed E-state index contributed by atoms with van der Waals surface area (Å²) in [4.78, 5) is 0. The molecule has 0 fully saturated rings. The van der Waals surface area contributed by atoms with E-state index in [0.29, 0.717) is 5.41 Å². The highest BCUT2D eigenvalue weighted by Crippen LogP contribution is 2.21. The second-order valence-corrected chi connectivity index (χ2v) is 4.25. The van der Waals surface area contributed by atoms with E-state index in [1.165, 1.54) is 6.42 Å². The number of hydrogen-bond donors (Lipinski definition) is 1. The summed E-state index contributed by atoms with van der Waals surface area (Å²) in [6.45, 7) is 8.84. The van der Waals surface area contributed by atoms with Gasteiger partial charge < -0.3 is 5.73 Å². The Hall–Kier alpha value is -0.460. The maximum atomic E-state index is 5.75. The van der Waals surface area contributed by atoms with Crippen molar-refractivity contribution < 1.29 is 0 Å². The van der Waals surface area contributed by atoms with Crippen LogP contribution in [0.15, 0.2) is 11.8 Å². The maximum Gasteiger partial charge on any atom is 0.00400 e. The van der Waals surface area contributed by atoms with Gasteiger partial charge in [-0.05, 0) is 24.7 Å². The van der Waals surface area contributed by atoms with Crippen molar-refractivity contribution in [3.05, 3.63) is 11.8 Å². The molecular weight excluding hydrogens is 134 g/mol. The van der Waals surface area contributed by atoms with Gasteiger partial charge >= 0.3 is 0 Å². The lowest BCUT2D eigenvalue weighted by molar-refractivity contribution is 0.377. The fraction of sp³-hybridized carbons (Fsp3) is 0.800. The number of rotatable bonds is 3. The zero-order chi connectivity index (χ0) is 8.91. The zero-order valence-electron chi connectivity index (χ0n) is 8.28. The van der Waals surface area contributed by atoms with E-state index in [4.69, 9.17) is 5.73 Å². The summed E-state index contributed by atoms with van der Waals surface area (Å²) >= 11 is 0. The molecule has 0 aliphatic carbocycles. The molecule has 2 N–H and O–H groups in total. The first-order valence-corrected chi connectivity index (χ1v) is 4.40. The lowest BCUT2D eigenvalue weighted by atomic mass is 9.90. The fourth-order valence-corrected chi connectivity index (χ4v) is 0.884. The monoisotopic (exact) mass is 155 g/mol. The Bertz CT molecular complexity index is 128. The normalized spacial score (nSPS) is 13.6. The SMILES string of the molecule is CC/C=C(\N)CCC(C)(C)C. The van der Waals surface area contributed by atoms with Crippen molar-refractivity contribution in [2.24, 2.45) is 11.1 Å². The lowest BCUT2D eigenvalue weighted by Crippen LogP contribution is -2.07. The van der Waals surface area contributed by atoms with Crippen LogP contribution in [0, 0.1) is 5.41 Å². The zero-order valence-corrected chi connectivity index (χ0v) is 8.28. The molecule has 1 heteroatoms. The molecule has 0 saturated carbocycles. The molecule has 0 saturated heterocycles. The van der Waals surface area contributed by atoms with E-state index >= 15 is 0 Å². The first kappa shape index (κ1) is 10.5. The van der Waals surface area contributed by atoms with Gasteiger partial charge in [0.05, 0.1) is 0 Å². The van der Waals surface area contributed by atoms with E-state index in [1.807, 2.05) is 0 Å². The third-order valence-corrected chi connectivity index (χ3v) is 1.63. The van der Waals surface area contributed by atoms with Crippen molar-refractivity contribution >= 4 is 0 Å². The van der Waals surface area contributed by atoms with Gasteiger partial charge in [0.15, 0.2) is 0 Å². The van der Waals surface area contributed by atoms with Crippen LogP contribution in [0.5, 0.6) is 0 Å². The van der Waals surface area contributed by atoms with E-state index in [-0.39, 0.29) is 0 Å². The molecule has 0 amide bonds. The van der Waals surface area contributed by atoms with Gasteiger partial charge in [0.1, 0.15) is 0 Å². The molecule has 0 aromatic carbocycles. The summed E-state index contributed by atoms with van der Waals surface area (Å²) in [7, 11) is 0. The Labute approximate surface area is 70.7 Å². The van der Waals surface area contributed by atoms with Gasteiger partial charge in [-0.1, -0.05) is 33.8 Å². The third kappa shape index (κ3) is 7.44. The Balaban J connectivity index is 3.62. The predicted molar refractivity (Wildman–Crippen MR) is 51.3 cm³/mol. The molecular formula is C10H21N. The van der Waals surface area contributed by atoms with Crippen LogP contribution >= 0.6 is 0 Å². The van der Waals surface area contributed by atoms with Crippen molar-refractivity contribution in [1.29, 1.82) is 0 Å². The van der Waals surface area contributed by atoms with Crippen LogP contribution in [-0.4, -0.2) is 0 Å². The number of nitrogens with two attached hydrogens (primary N) is 1. The molecule has 0 aliphatic rings. The van der Waals surface area contributed by atoms with Crippen molar-refractivity contribution in [3.63, 3.8) is 0 Å². The van der Waals surface area contributed by atoms with Gasteiger partial charge in [0.25, 0.3) is 0 Å². The van der Waals surface area contributed by atoms with Crippen LogP contribution in [0.25, 0.3) is 0 Å². The van der Waals surface area contributed by atoms with Gasteiger partial charge in [-0.15, -0.1) is 0 Å². The average Bonchev–Trinajstić information content (AvgIpc) is 1.83. The summed E-state index contributed by atoms with van der Waals surface area (Å²) in [5, 5.41) is 0. The van der Waals surface area contributed by atoms with Gasteiger partial charge in [0.2, 0.25) is 0 Å². The average molecular weight is 155 g/mol. The molecule has 0 aromatic rings. The molecule has 1 nitrogen and oxygen atoms in total. The topological polar surface area (TPSA) is 26.0 Å². The van der Waals surface area contributed by atoms with Crippen LogP contribution in [0.4, 0.5) is 0 Å². The van der Waals surface area contributed by atoms with Crippen molar-refractivity contribution in [2.75, 3.05) is 0 Å². The largest absolute Gasteiger partial charge is 0.402 e. The second-order valence-electron chi connectivity index (χ2n) is 4.25. The summed E-state index contributed by atoms with van der Waals surface area (Å²) < 4.78 is 0. The molecule has 0 rings (SSSR count). The Kier molecular flexibility index (Phi) is 4.24.